The van der Waals surface area contributed by atoms with Crippen LogP contribution >= 0.6 is 11.9 Å². The van der Waals surface area contributed by atoms with Crippen LogP contribution in [0.25, 0.3) is 22.0 Å². The summed E-state index contributed by atoms with van der Waals surface area (Å²) in [5, 5.41) is 0.993. The summed E-state index contributed by atoms with van der Waals surface area (Å²) < 4.78 is 5.14. The molecule has 152 valence electrons. The minimum absolute atomic E-state index is 0.0148. The van der Waals surface area contributed by atoms with Crippen molar-refractivity contribution in [1.82, 2.24) is 9.55 Å². The first kappa shape index (κ1) is 18.7. The van der Waals surface area contributed by atoms with Crippen LogP contribution in [0, 0.1) is 5.41 Å². The summed E-state index contributed by atoms with van der Waals surface area (Å²) in [6.07, 6.45) is 9.22. The van der Waals surface area contributed by atoms with Crippen LogP contribution in [-0.4, -0.2) is 28.4 Å². The minimum atomic E-state index is 0.0148. The largest absolute Gasteiger partial charge is 0.370 e. The maximum absolute atomic E-state index is 12.6. The summed E-state index contributed by atoms with van der Waals surface area (Å²) in [6.45, 7) is 4.40. The predicted octanol–water partition coefficient (Wildman–Crippen LogP) is 4.99. The first-order valence-corrected chi connectivity index (χ1v) is 11.5. The molecule has 1 aliphatic carbocycles. The highest BCUT2D eigenvalue weighted by atomic mass is 32.2. The standard InChI is InChI=1S/C23H28N4OS/c1-3-29-25-16-5-6-20(27-12-4-8-23(15-27)9-10-23)18(13-16)19-14-26(2)22(28)21-17(19)7-11-24-21/h5-7,11,13-14,24-25H,3-4,8-10,12,15H2,1-2H3. The molecule has 1 saturated heterocycles. The number of aromatic amines is 1. The fourth-order valence-corrected chi connectivity index (χ4v) is 5.17. The second-order valence-electron chi connectivity index (χ2n) is 8.52. The molecule has 1 aliphatic heterocycles. The summed E-state index contributed by atoms with van der Waals surface area (Å²) in [7, 11) is 1.83. The minimum Gasteiger partial charge on any atom is -0.370 e. The molecular formula is C23H28N4OS. The number of nitrogens with zero attached hydrogens (tertiary/aromatic N) is 2. The van der Waals surface area contributed by atoms with Crippen LogP contribution in [0.4, 0.5) is 11.4 Å². The Bertz CT molecular complexity index is 1110. The van der Waals surface area contributed by atoms with Gasteiger partial charge >= 0.3 is 0 Å². The van der Waals surface area contributed by atoms with Crippen molar-refractivity contribution < 1.29 is 0 Å². The second kappa shape index (κ2) is 7.17. The van der Waals surface area contributed by atoms with Crippen LogP contribution in [0.3, 0.4) is 0 Å². The van der Waals surface area contributed by atoms with Gasteiger partial charge in [-0.2, -0.15) is 0 Å². The Balaban J connectivity index is 1.66. The third-order valence-electron chi connectivity index (χ3n) is 6.47. The van der Waals surface area contributed by atoms with E-state index in [-0.39, 0.29) is 5.56 Å². The Morgan fingerprint density at radius 2 is 2.07 bits per heavy atom. The highest BCUT2D eigenvalue weighted by molar-refractivity contribution is 8.00. The number of rotatable bonds is 5. The molecule has 0 unspecified atom stereocenters. The van der Waals surface area contributed by atoms with Crippen molar-refractivity contribution in [2.45, 2.75) is 32.6 Å². The van der Waals surface area contributed by atoms with Crippen LogP contribution in [0.1, 0.15) is 32.6 Å². The molecule has 0 atom stereocenters. The lowest BCUT2D eigenvalue weighted by molar-refractivity contribution is 0.395. The molecule has 1 saturated carbocycles. The van der Waals surface area contributed by atoms with Crippen molar-refractivity contribution in [3.63, 3.8) is 0 Å². The van der Waals surface area contributed by atoms with Crippen molar-refractivity contribution >= 4 is 34.2 Å². The van der Waals surface area contributed by atoms with E-state index in [2.05, 4.69) is 39.7 Å². The van der Waals surface area contributed by atoms with Gasteiger partial charge in [0.1, 0.15) is 5.52 Å². The third kappa shape index (κ3) is 3.33. The fraction of sp³-hybridized carbons (Fsp3) is 0.435. The van der Waals surface area contributed by atoms with E-state index in [1.165, 1.54) is 36.9 Å². The summed E-state index contributed by atoms with van der Waals surface area (Å²) >= 11 is 1.70. The summed E-state index contributed by atoms with van der Waals surface area (Å²) in [5.41, 5.74) is 5.94. The molecule has 5 nitrogen and oxygen atoms in total. The number of anilines is 2. The molecule has 6 heteroatoms. The van der Waals surface area contributed by atoms with Gasteiger partial charge in [-0.3, -0.25) is 4.79 Å². The van der Waals surface area contributed by atoms with Crippen molar-refractivity contribution in [3.8, 4) is 11.1 Å². The molecule has 0 bridgehead atoms. The van der Waals surface area contributed by atoms with Gasteiger partial charge < -0.3 is 19.2 Å². The number of aromatic nitrogens is 2. The number of benzene rings is 1. The van der Waals surface area contributed by atoms with Gasteiger partial charge in [0.2, 0.25) is 0 Å². The molecule has 5 rings (SSSR count). The van der Waals surface area contributed by atoms with E-state index in [4.69, 9.17) is 0 Å². The zero-order valence-electron chi connectivity index (χ0n) is 17.1. The Morgan fingerprint density at radius 3 is 2.86 bits per heavy atom. The monoisotopic (exact) mass is 408 g/mol. The number of aryl methyl sites for hydroxylation is 1. The van der Waals surface area contributed by atoms with Crippen LogP contribution < -0.4 is 15.2 Å². The molecule has 0 radical (unpaired) electrons. The maximum Gasteiger partial charge on any atom is 0.274 e. The normalized spacial score (nSPS) is 17.8. The summed E-state index contributed by atoms with van der Waals surface area (Å²) in [5.74, 6) is 1.01. The lowest BCUT2D eigenvalue weighted by Gasteiger charge is -2.36. The zero-order chi connectivity index (χ0) is 20.0. The van der Waals surface area contributed by atoms with E-state index in [1.807, 2.05) is 25.5 Å². The number of nitrogens with one attached hydrogen (secondary N) is 2. The number of fused-ring (bicyclic) bond motifs is 1. The number of hydrogen-bond donors (Lipinski definition) is 2. The number of pyridine rings is 1. The highest BCUT2D eigenvalue weighted by Crippen LogP contribution is 2.53. The Kier molecular flexibility index (Phi) is 4.62. The SMILES string of the molecule is CCSNc1ccc(N2CCCC3(CC3)C2)c(-c2cn(C)c(=O)c3[nH]ccc23)c1. The molecule has 3 aromatic rings. The van der Waals surface area contributed by atoms with Gasteiger partial charge in [0.25, 0.3) is 5.56 Å². The van der Waals surface area contributed by atoms with Crippen LogP contribution in [-0.2, 0) is 7.05 Å². The van der Waals surface area contributed by atoms with E-state index in [0.29, 0.717) is 10.9 Å². The van der Waals surface area contributed by atoms with E-state index >= 15 is 0 Å². The van der Waals surface area contributed by atoms with Crippen LogP contribution in [0.2, 0.25) is 0 Å². The van der Waals surface area contributed by atoms with Crippen LogP contribution in [0.5, 0.6) is 0 Å². The van der Waals surface area contributed by atoms with Gasteiger partial charge in [-0.05, 0) is 55.4 Å². The van der Waals surface area contributed by atoms with Crippen molar-refractivity contribution in [2.24, 2.45) is 12.5 Å². The zero-order valence-corrected chi connectivity index (χ0v) is 17.9. The van der Waals surface area contributed by atoms with Gasteiger partial charge in [0, 0.05) is 66.2 Å². The van der Waals surface area contributed by atoms with E-state index in [0.717, 1.165) is 35.5 Å². The molecular weight excluding hydrogens is 380 g/mol. The van der Waals surface area contributed by atoms with Gasteiger partial charge in [-0.25, -0.2) is 0 Å². The molecule has 1 spiro atoms. The number of piperidine rings is 1. The molecule has 2 N–H and O–H groups in total. The third-order valence-corrected chi connectivity index (χ3v) is 7.14. The summed E-state index contributed by atoms with van der Waals surface area (Å²) in [4.78, 5) is 18.3. The van der Waals surface area contributed by atoms with E-state index in [9.17, 15) is 4.79 Å². The lowest BCUT2D eigenvalue weighted by Crippen LogP contribution is -2.36. The molecule has 29 heavy (non-hydrogen) atoms. The van der Waals surface area contributed by atoms with Crippen molar-refractivity contribution in [2.75, 3.05) is 28.5 Å². The highest BCUT2D eigenvalue weighted by Gasteiger charge is 2.45. The van der Waals surface area contributed by atoms with Gasteiger partial charge in [-0.1, -0.05) is 18.9 Å². The topological polar surface area (TPSA) is 53.1 Å². The number of H-pyrrole nitrogens is 1. The second-order valence-corrected chi connectivity index (χ2v) is 9.59. The molecule has 0 amide bonds. The Labute approximate surface area is 175 Å². The first-order chi connectivity index (χ1) is 14.1. The van der Waals surface area contributed by atoms with Gasteiger partial charge in [0.05, 0.1) is 0 Å². The van der Waals surface area contributed by atoms with Gasteiger partial charge in [0.15, 0.2) is 0 Å². The molecule has 2 fully saturated rings. The van der Waals surface area contributed by atoms with Crippen molar-refractivity contribution in [3.05, 3.63) is 47.0 Å². The lowest BCUT2D eigenvalue weighted by atomic mass is 9.93. The predicted molar refractivity (Wildman–Crippen MR) is 124 cm³/mol. The first-order valence-electron chi connectivity index (χ1n) is 10.5. The fourth-order valence-electron chi connectivity index (χ4n) is 4.73. The maximum atomic E-state index is 12.6. The van der Waals surface area contributed by atoms with Gasteiger partial charge in [-0.15, -0.1) is 0 Å². The average molecular weight is 409 g/mol. The van der Waals surface area contributed by atoms with Crippen molar-refractivity contribution in [1.29, 1.82) is 0 Å². The molecule has 3 heterocycles. The Morgan fingerprint density at radius 1 is 1.21 bits per heavy atom. The van der Waals surface area contributed by atoms with E-state index in [1.54, 1.807) is 16.5 Å². The average Bonchev–Trinajstić information content (AvgIpc) is 3.28. The smallest absolute Gasteiger partial charge is 0.274 e. The Hall–Kier alpha value is -2.34. The molecule has 2 aromatic heterocycles. The molecule has 1 aromatic carbocycles. The van der Waals surface area contributed by atoms with Crippen LogP contribution in [0.15, 0.2) is 41.5 Å². The quantitative estimate of drug-likeness (QED) is 0.584. The summed E-state index contributed by atoms with van der Waals surface area (Å²) in [6, 6.07) is 8.72. The molecule has 2 aliphatic rings. The van der Waals surface area contributed by atoms with E-state index < -0.39 is 0 Å². The number of hydrogen-bond acceptors (Lipinski definition) is 4.